The van der Waals surface area contributed by atoms with Crippen LogP contribution in [0.3, 0.4) is 0 Å². The molecule has 13 heavy (non-hydrogen) atoms. The molecule has 1 heterocycles. The van der Waals surface area contributed by atoms with Crippen LogP contribution in [0, 0.1) is 0 Å². The van der Waals surface area contributed by atoms with Gasteiger partial charge in [0, 0.05) is 12.3 Å². The zero-order valence-corrected chi connectivity index (χ0v) is 10.5. The lowest BCUT2D eigenvalue weighted by Gasteiger charge is -2.41. The molecule has 78 valence electrons. The highest BCUT2D eigenvalue weighted by Crippen LogP contribution is 2.28. The summed E-state index contributed by atoms with van der Waals surface area (Å²) in [6.07, 6.45) is 3.88. The van der Waals surface area contributed by atoms with Gasteiger partial charge in [-0.2, -0.15) is 0 Å². The van der Waals surface area contributed by atoms with Crippen molar-refractivity contribution in [1.29, 1.82) is 0 Å². The summed E-state index contributed by atoms with van der Waals surface area (Å²) in [6.45, 7) is 5.69. The number of hydrogen-bond donors (Lipinski definition) is 0. The minimum atomic E-state index is -1.40. The Morgan fingerprint density at radius 1 is 1.38 bits per heavy atom. The molecule has 2 atom stereocenters. The van der Waals surface area contributed by atoms with Crippen LogP contribution in [0.5, 0.6) is 0 Å². The highest BCUT2D eigenvalue weighted by molar-refractivity contribution is 6.74. The predicted octanol–water partition coefficient (Wildman–Crippen LogP) is 2.25. The minimum Gasteiger partial charge on any atom is -0.416 e. The molecule has 0 radical (unpaired) electrons. The van der Waals surface area contributed by atoms with Gasteiger partial charge in [0.1, 0.15) is 0 Å². The van der Waals surface area contributed by atoms with Crippen molar-refractivity contribution in [3.8, 4) is 0 Å². The van der Waals surface area contributed by atoms with Gasteiger partial charge in [0.05, 0.1) is 0 Å². The molecule has 0 aromatic heterocycles. The van der Waals surface area contributed by atoms with Gasteiger partial charge in [-0.1, -0.05) is 13.3 Å². The van der Waals surface area contributed by atoms with Crippen LogP contribution in [0.2, 0.25) is 12.6 Å². The van der Waals surface area contributed by atoms with Crippen molar-refractivity contribution < 1.29 is 4.43 Å². The molecule has 0 amide bonds. The summed E-state index contributed by atoms with van der Waals surface area (Å²) in [5.74, 6) is 0. The lowest BCUT2D eigenvalue weighted by Crippen LogP contribution is -2.55. The average molecular weight is 201 g/mol. The molecule has 1 saturated heterocycles. The number of hydrogen-bond acceptors (Lipinski definition) is 2. The number of rotatable bonds is 3. The molecule has 0 N–H and O–H groups in total. The van der Waals surface area contributed by atoms with E-state index < -0.39 is 8.32 Å². The average Bonchev–Trinajstić information content (AvgIpc) is 2.05. The Morgan fingerprint density at radius 2 is 2.08 bits per heavy atom. The Kier molecular flexibility index (Phi) is 3.95. The maximum Gasteiger partial charge on any atom is 0.206 e. The van der Waals surface area contributed by atoms with Crippen LogP contribution in [0.15, 0.2) is 0 Å². The van der Waals surface area contributed by atoms with E-state index in [4.69, 9.17) is 4.43 Å². The lowest BCUT2D eigenvalue weighted by atomic mass is 10.4. The summed E-state index contributed by atoms with van der Waals surface area (Å²) in [7, 11) is 2.97. The van der Waals surface area contributed by atoms with Crippen molar-refractivity contribution in [2.75, 3.05) is 20.7 Å². The van der Waals surface area contributed by atoms with E-state index in [1.165, 1.54) is 25.3 Å². The molecule has 0 aromatic carbocycles. The summed E-state index contributed by atoms with van der Waals surface area (Å²) in [4.78, 5) is 2.36. The molecular formula is C10H23NOSi. The quantitative estimate of drug-likeness (QED) is 0.649. The third-order valence-electron chi connectivity index (χ3n) is 3.21. The summed E-state index contributed by atoms with van der Waals surface area (Å²) >= 11 is 0. The fraction of sp³-hybridized carbons (Fsp3) is 1.00. The molecule has 0 bridgehead atoms. The number of nitrogens with zero attached hydrogens (tertiary/aromatic N) is 1. The van der Waals surface area contributed by atoms with Crippen LogP contribution in [0.4, 0.5) is 0 Å². The van der Waals surface area contributed by atoms with E-state index in [1.54, 1.807) is 0 Å². The molecule has 1 fully saturated rings. The zero-order valence-electron chi connectivity index (χ0n) is 9.47. The molecule has 0 saturated carbocycles. The highest BCUT2D eigenvalue weighted by atomic mass is 28.4. The molecule has 3 heteroatoms. The first-order valence-electron chi connectivity index (χ1n) is 5.40. The van der Waals surface area contributed by atoms with Gasteiger partial charge in [-0.25, -0.2) is 0 Å². The topological polar surface area (TPSA) is 12.5 Å². The van der Waals surface area contributed by atoms with Gasteiger partial charge in [0.15, 0.2) is 0 Å². The maximum atomic E-state index is 6.08. The Hall–Kier alpha value is 0.137. The van der Waals surface area contributed by atoms with E-state index in [0.717, 1.165) is 6.61 Å². The second kappa shape index (κ2) is 4.58. The van der Waals surface area contributed by atoms with Gasteiger partial charge in [0.2, 0.25) is 8.32 Å². The van der Waals surface area contributed by atoms with Gasteiger partial charge in [-0.05, 0) is 39.5 Å². The monoisotopic (exact) mass is 201 g/mol. The Morgan fingerprint density at radius 3 is 2.46 bits per heavy atom. The first-order chi connectivity index (χ1) is 6.10. The fourth-order valence-electron chi connectivity index (χ4n) is 2.56. The van der Waals surface area contributed by atoms with E-state index in [0.29, 0.717) is 5.67 Å². The molecule has 1 rings (SSSR count). The minimum absolute atomic E-state index is 0.702. The van der Waals surface area contributed by atoms with Gasteiger partial charge < -0.3 is 9.33 Å². The van der Waals surface area contributed by atoms with Crippen LogP contribution < -0.4 is 0 Å². The van der Waals surface area contributed by atoms with E-state index in [-0.39, 0.29) is 0 Å². The molecule has 1 aliphatic heterocycles. The van der Waals surface area contributed by atoms with Crippen LogP contribution in [0.25, 0.3) is 0 Å². The summed E-state index contributed by atoms with van der Waals surface area (Å²) in [5, 5.41) is 0. The second-order valence-corrected chi connectivity index (χ2v) is 8.59. The Labute approximate surface area is 83.4 Å². The van der Waals surface area contributed by atoms with E-state index in [2.05, 4.69) is 32.5 Å². The second-order valence-electron chi connectivity index (χ2n) is 4.51. The van der Waals surface area contributed by atoms with Crippen molar-refractivity contribution in [2.45, 2.75) is 44.4 Å². The van der Waals surface area contributed by atoms with Crippen LogP contribution in [0.1, 0.15) is 26.2 Å². The van der Waals surface area contributed by atoms with Crippen molar-refractivity contribution in [1.82, 2.24) is 4.90 Å². The molecular weight excluding hydrogens is 178 g/mol. The third kappa shape index (κ3) is 2.54. The summed E-state index contributed by atoms with van der Waals surface area (Å²) in [5.41, 5.74) is 0.702. The van der Waals surface area contributed by atoms with E-state index >= 15 is 0 Å². The first kappa shape index (κ1) is 11.2. The van der Waals surface area contributed by atoms with E-state index in [1.807, 2.05) is 0 Å². The van der Waals surface area contributed by atoms with Gasteiger partial charge in [-0.3, -0.25) is 0 Å². The predicted molar refractivity (Wildman–Crippen MR) is 59.4 cm³/mol. The molecule has 2 unspecified atom stereocenters. The van der Waals surface area contributed by atoms with Gasteiger partial charge in [0.25, 0.3) is 0 Å². The van der Waals surface area contributed by atoms with Crippen LogP contribution in [-0.4, -0.2) is 39.6 Å². The third-order valence-corrected chi connectivity index (χ3v) is 7.76. The first-order valence-corrected chi connectivity index (χ1v) is 8.10. The summed E-state index contributed by atoms with van der Waals surface area (Å²) < 4.78 is 6.08. The van der Waals surface area contributed by atoms with Crippen molar-refractivity contribution in [3.05, 3.63) is 0 Å². The molecule has 0 spiro atoms. The standard InChI is InChI=1S/C10H23NOSi/c1-5-10(11(2)3)13(4)9-7-6-8-12-13/h10H,5-9H2,1-4H3. The molecule has 0 aromatic rings. The van der Waals surface area contributed by atoms with Crippen LogP contribution in [-0.2, 0) is 4.43 Å². The SMILES string of the molecule is CCC(N(C)C)[Si]1(C)CCCCO1. The highest BCUT2D eigenvalue weighted by Gasteiger charge is 2.40. The van der Waals surface area contributed by atoms with Gasteiger partial charge >= 0.3 is 0 Å². The Bertz CT molecular complexity index is 155. The lowest BCUT2D eigenvalue weighted by molar-refractivity contribution is 0.227. The maximum absolute atomic E-state index is 6.08. The summed E-state index contributed by atoms with van der Waals surface area (Å²) in [6, 6.07) is 1.35. The van der Waals surface area contributed by atoms with Crippen molar-refractivity contribution in [3.63, 3.8) is 0 Å². The fourth-order valence-corrected chi connectivity index (χ4v) is 6.75. The molecule has 1 aliphatic rings. The normalized spacial score (nSPS) is 32.1. The van der Waals surface area contributed by atoms with Crippen molar-refractivity contribution in [2.24, 2.45) is 0 Å². The Balaban J connectivity index is 2.63. The van der Waals surface area contributed by atoms with Crippen molar-refractivity contribution >= 4 is 8.32 Å². The van der Waals surface area contributed by atoms with Gasteiger partial charge in [-0.15, -0.1) is 0 Å². The largest absolute Gasteiger partial charge is 0.416 e. The smallest absolute Gasteiger partial charge is 0.206 e. The molecule has 2 nitrogen and oxygen atoms in total. The molecule has 0 aliphatic carbocycles. The zero-order chi connectivity index (χ0) is 9.90. The van der Waals surface area contributed by atoms with Crippen LogP contribution >= 0.6 is 0 Å². The van der Waals surface area contributed by atoms with E-state index in [9.17, 15) is 0 Å².